The Balaban J connectivity index is 1.45. The Bertz CT molecular complexity index is 1110. The molecular weight excluding hydrogens is 476 g/mol. The predicted octanol–water partition coefficient (Wildman–Crippen LogP) is 5.20. The minimum Gasteiger partial charge on any atom is -0.359 e. The van der Waals surface area contributed by atoms with Crippen LogP contribution in [-0.4, -0.2) is 41.9 Å². The van der Waals surface area contributed by atoms with E-state index in [-0.39, 0.29) is 17.5 Å². The molecule has 0 atom stereocenters. The van der Waals surface area contributed by atoms with Gasteiger partial charge in [0.25, 0.3) is 5.91 Å². The number of hydrogen-bond acceptors (Lipinski definition) is 4. The summed E-state index contributed by atoms with van der Waals surface area (Å²) in [6.45, 7) is 2.61. The van der Waals surface area contributed by atoms with Crippen LogP contribution in [0.2, 0.25) is 0 Å². The number of nitrogens with zero attached hydrogens (tertiary/aromatic N) is 3. The zero-order valence-electron chi connectivity index (χ0n) is 18.2. The van der Waals surface area contributed by atoms with Crippen LogP contribution in [0.1, 0.15) is 17.2 Å². The van der Waals surface area contributed by atoms with Crippen LogP contribution in [0.4, 0.5) is 5.69 Å². The molecule has 0 aliphatic carbocycles. The Kier molecular flexibility index (Phi) is 7.56. The van der Waals surface area contributed by atoms with E-state index in [0.717, 1.165) is 23.2 Å². The molecule has 0 unspecified atom stereocenters. The number of nitrogens with one attached hydrogen (secondary N) is 1. The van der Waals surface area contributed by atoms with Crippen molar-refractivity contribution in [1.29, 1.82) is 5.26 Å². The molecule has 0 radical (unpaired) electrons. The van der Waals surface area contributed by atoms with Crippen LogP contribution in [0.25, 0.3) is 0 Å². The van der Waals surface area contributed by atoms with Gasteiger partial charge in [-0.1, -0.05) is 72.8 Å². The summed E-state index contributed by atoms with van der Waals surface area (Å²) in [6.07, 6.45) is 1.49. The van der Waals surface area contributed by atoms with Gasteiger partial charge in [-0.05, 0) is 39.2 Å². The van der Waals surface area contributed by atoms with Crippen LogP contribution in [-0.2, 0) is 4.79 Å². The third kappa shape index (κ3) is 5.51. The van der Waals surface area contributed by atoms with Crippen LogP contribution < -0.4 is 5.32 Å². The Morgan fingerprint density at radius 3 is 1.97 bits per heavy atom. The highest BCUT2D eigenvalue weighted by atomic mass is 79.9. The predicted molar refractivity (Wildman–Crippen MR) is 134 cm³/mol. The first-order chi connectivity index (χ1) is 16.2. The number of amides is 1. The maximum Gasteiger partial charge on any atom is 0.266 e. The summed E-state index contributed by atoms with van der Waals surface area (Å²) in [5.41, 5.74) is 3.37. The second-order valence-electron chi connectivity index (χ2n) is 7.85. The van der Waals surface area contributed by atoms with Crippen molar-refractivity contribution in [2.45, 2.75) is 6.04 Å². The molecule has 1 amide bonds. The highest BCUT2D eigenvalue weighted by molar-refractivity contribution is 9.10. The largest absolute Gasteiger partial charge is 0.359 e. The Morgan fingerprint density at radius 2 is 1.42 bits per heavy atom. The van der Waals surface area contributed by atoms with E-state index in [1.54, 1.807) is 4.90 Å². The van der Waals surface area contributed by atoms with Gasteiger partial charge in [0.2, 0.25) is 0 Å². The van der Waals surface area contributed by atoms with Gasteiger partial charge in [-0.25, -0.2) is 0 Å². The van der Waals surface area contributed by atoms with E-state index in [4.69, 9.17) is 0 Å². The maximum absolute atomic E-state index is 13.0. The number of piperazine rings is 1. The summed E-state index contributed by atoms with van der Waals surface area (Å²) in [4.78, 5) is 17.2. The Morgan fingerprint density at radius 1 is 0.879 bits per heavy atom. The molecule has 166 valence electrons. The van der Waals surface area contributed by atoms with E-state index < -0.39 is 0 Å². The maximum atomic E-state index is 13.0. The smallest absolute Gasteiger partial charge is 0.266 e. The molecule has 0 aromatic heterocycles. The van der Waals surface area contributed by atoms with Crippen LogP contribution in [0.5, 0.6) is 0 Å². The molecule has 1 N–H and O–H groups in total. The van der Waals surface area contributed by atoms with E-state index in [1.807, 2.05) is 36.4 Å². The van der Waals surface area contributed by atoms with Gasteiger partial charge in [-0.3, -0.25) is 9.69 Å². The zero-order chi connectivity index (χ0) is 23.0. The number of para-hydroxylation sites is 1. The van der Waals surface area contributed by atoms with Crippen LogP contribution >= 0.6 is 15.9 Å². The highest BCUT2D eigenvalue weighted by Gasteiger charge is 2.29. The summed E-state index contributed by atoms with van der Waals surface area (Å²) < 4.78 is 0.868. The highest BCUT2D eigenvalue weighted by Crippen LogP contribution is 2.29. The fourth-order valence-corrected chi connectivity index (χ4v) is 4.51. The van der Waals surface area contributed by atoms with Crippen molar-refractivity contribution in [2.24, 2.45) is 0 Å². The molecule has 3 aromatic carbocycles. The third-order valence-corrected chi connectivity index (χ3v) is 6.49. The lowest BCUT2D eigenvalue weighted by Crippen LogP contribution is -2.50. The molecule has 4 rings (SSSR count). The van der Waals surface area contributed by atoms with E-state index >= 15 is 0 Å². The zero-order valence-corrected chi connectivity index (χ0v) is 19.8. The first-order valence-electron chi connectivity index (χ1n) is 10.9. The first kappa shape index (κ1) is 22.8. The molecule has 33 heavy (non-hydrogen) atoms. The van der Waals surface area contributed by atoms with Gasteiger partial charge in [0.05, 0.1) is 11.7 Å². The van der Waals surface area contributed by atoms with Crippen molar-refractivity contribution in [1.82, 2.24) is 9.80 Å². The fourth-order valence-electron chi connectivity index (χ4n) is 4.11. The van der Waals surface area contributed by atoms with Crippen molar-refractivity contribution in [3.63, 3.8) is 0 Å². The van der Waals surface area contributed by atoms with Gasteiger partial charge < -0.3 is 10.2 Å². The van der Waals surface area contributed by atoms with E-state index in [0.29, 0.717) is 13.1 Å². The van der Waals surface area contributed by atoms with E-state index in [1.165, 1.54) is 17.3 Å². The second kappa shape index (κ2) is 11.0. The lowest BCUT2D eigenvalue weighted by atomic mass is 9.96. The second-order valence-corrected chi connectivity index (χ2v) is 8.70. The summed E-state index contributed by atoms with van der Waals surface area (Å²) in [5.74, 6) is -0.243. The number of rotatable bonds is 6. The SMILES string of the molecule is N#C/C(=C/Nc1ccccc1Br)C(=O)N1CCN(C(c2ccccc2)c2ccccc2)CC1. The molecule has 0 bridgehead atoms. The normalized spacial score (nSPS) is 14.7. The summed E-state index contributed by atoms with van der Waals surface area (Å²) in [6, 6.07) is 30.7. The van der Waals surface area contributed by atoms with Crippen molar-refractivity contribution in [2.75, 3.05) is 31.5 Å². The molecule has 0 spiro atoms. The van der Waals surface area contributed by atoms with Crippen LogP contribution in [0, 0.1) is 11.3 Å². The molecule has 1 aliphatic rings. The van der Waals surface area contributed by atoms with Crippen LogP contribution in [0.3, 0.4) is 0 Å². The molecule has 5 nitrogen and oxygen atoms in total. The molecule has 0 saturated carbocycles. The minimum atomic E-state index is -0.243. The van der Waals surface area contributed by atoms with Gasteiger partial charge in [0, 0.05) is 36.9 Å². The summed E-state index contributed by atoms with van der Waals surface area (Å²) in [7, 11) is 0. The van der Waals surface area contributed by atoms with Crippen molar-refractivity contribution < 1.29 is 4.79 Å². The molecule has 6 heteroatoms. The van der Waals surface area contributed by atoms with E-state index in [2.05, 4.69) is 80.7 Å². The van der Waals surface area contributed by atoms with Crippen LogP contribution in [0.15, 0.2) is 101 Å². The average molecular weight is 501 g/mol. The minimum absolute atomic E-state index is 0.0990. The monoisotopic (exact) mass is 500 g/mol. The summed E-state index contributed by atoms with van der Waals surface area (Å²) in [5, 5.41) is 12.6. The molecule has 1 fully saturated rings. The molecule has 1 saturated heterocycles. The first-order valence-corrected chi connectivity index (χ1v) is 11.7. The quantitative estimate of drug-likeness (QED) is 0.373. The Labute approximate surface area is 203 Å². The number of carbonyl (C=O) groups is 1. The number of halogens is 1. The van der Waals surface area contributed by atoms with Gasteiger partial charge in [-0.15, -0.1) is 0 Å². The standard InChI is InChI=1S/C27H25BrN4O/c28-24-13-7-8-14-25(24)30-20-23(19-29)27(33)32-17-15-31(16-18-32)26(21-9-3-1-4-10-21)22-11-5-2-6-12-22/h1-14,20,26,30H,15-18H2/b23-20-. The third-order valence-electron chi connectivity index (χ3n) is 5.79. The average Bonchev–Trinajstić information content (AvgIpc) is 2.87. The van der Waals surface area contributed by atoms with Crippen molar-refractivity contribution in [3.8, 4) is 6.07 Å². The summed E-state index contributed by atoms with van der Waals surface area (Å²) >= 11 is 3.46. The van der Waals surface area contributed by atoms with Crippen molar-refractivity contribution >= 4 is 27.5 Å². The molecule has 1 heterocycles. The Hall–Kier alpha value is -3.40. The topological polar surface area (TPSA) is 59.4 Å². The van der Waals surface area contributed by atoms with Crippen molar-refractivity contribution in [3.05, 3.63) is 112 Å². The number of anilines is 1. The van der Waals surface area contributed by atoms with Gasteiger partial charge in [0.15, 0.2) is 0 Å². The van der Waals surface area contributed by atoms with Gasteiger partial charge >= 0.3 is 0 Å². The molecule has 3 aromatic rings. The molecular formula is C27H25BrN4O. The number of benzene rings is 3. The number of hydrogen-bond donors (Lipinski definition) is 1. The molecule has 1 aliphatic heterocycles. The number of nitriles is 1. The lowest BCUT2D eigenvalue weighted by molar-refractivity contribution is -0.128. The van der Waals surface area contributed by atoms with Gasteiger partial charge in [0.1, 0.15) is 11.6 Å². The fraction of sp³-hybridized carbons (Fsp3) is 0.185. The van der Waals surface area contributed by atoms with E-state index in [9.17, 15) is 10.1 Å². The number of carbonyl (C=O) groups excluding carboxylic acids is 1. The van der Waals surface area contributed by atoms with Gasteiger partial charge in [-0.2, -0.15) is 5.26 Å². The lowest BCUT2D eigenvalue weighted by Gasteiger charge is -2.39.